The van der Waals surface area contributed by atoms with Crippen LogP contribution in [0.1, 0.15) is 95.4 Å². The second-order valence-electron chi connectivity index (χ2n) is 16.8. The van der Waals surface area contributed by atoms with Crippen LogP contribution >= 0.6 is 0 Å². The summed E-state index contributed by atoms with van der Waals surface area (Å²) in [6, 6.07) is -7.68. The molecule has 22 heteroatoms. The molecule has 0 aromatic rings. The smallest absolute Gasteiger partial charge is 0.326 e. The second-order valence-corrected chi connectivity index (χ2v) is 16.8. The maximum Gasteiger partial charge on any atom is 0.326 e. The molecular formula is C39H72N12O10. The number of hydrogen-bond acceptors (Lipinski definition) is 11. The number of nitrogens with zero attached hydrogens (tertiary/aromatic N) is 1. The van der Waals surface area contributed by atoms with E-state index < -0.39 is 126 Å². The SMILES string of the molecule is CC(C)CC(N)C(=O)NC(C(=O)NC(C(=O)NC(C(=O)NCC(=O)NC(C)C(=O)NC(CCCN=C(N)N)C(=O)NCC(=O)NC(C(=O)O)C(C)C)C(C)C)C(C)C)C(C)C. The van der Waals surface area contributed by atoms with Crippen LogP contribution in [-0.4, -0.2) is 126 Å². The Hall–Kier alpha value is -5.54. The highest BCUT2D eigenvalue weighted by Gasteiger charge is 2.34. The summed E-state index contributed by atoms with van der Waals surface area (Å²) in [5, 5.41) is 29.4. The van der Waals surface area contributed by atoms with Crippen molar-refractivity contribution < 1.29 is 48.3 Å². The van der Waals surface area contributed by atoms with Crippen molar-refractivity contribution in [2.24, 2.45) is 51.8 Å². The first-order chi connectivity index (χ1) is 28.2. The van der Waals surface area contributed by atoms with Crippen LogP contribution in [0.4, 0.5) is 0 Å². The Morgan fingerprint density at radius 1 is 0.525 bits per heavy atom. The zero-order chi connectivity index (χ0) is 47.3. The number of carboxylic acids is 1. The second kappa shape index (κ2) is 27.3. The quantitative estimate of drug-likeness (QED) is 0.0227. The molecule has 0 saturated heterocycles. The maximum absolute atomic E-state index is 13.5. The third-order valence-corrected chi connectivity index (χ3v) is 9.25. The van der Waals surface area contributed by atoms with Gasteiger partial charge in [0.2, 0.25) is 47.3 Å². The molecule has 7 unspecified atom stereocenters. The van der Waals surface area contributed by atoms with Gasteiger partial charge in [-0.2, -0.15) is 0 Å². The maximum atomic E-state index is 13.5. The van der Waals surface area contributed by atoms with Gasteiger partial charge in [-0.15, -0.1) is 0 Å². The molecule has 0 heterocycles. The summed E-state index contributed by atoms with van der Waals surface area (Å²) >= 11 is 0. The molecule has 0 fully saturated rings. The minimum Gasteiger partial charge on any atom is -0.480 e. The summed E-state index contributed by atoms with van der Waals surface area (Å²) in [6.45, 7) is 17.5. The highest BCUT2D eigenvalue weighted by Crippen LogP contribution is 2.11. The summed E-state index contributed by atoms with van der Waals surface area (Å²) in [4.78, 5) is 120. The molecule has 0 saturated carbocycles. The van der Waals surface area contributed by atoms with E-state index in [-0.39, 0.29) is 37.2 Å². The van der Waals surface area contributed by atoms with Gasteiger partial charge in [0.15, 0.2) is 5.96 Å². The van der Waals surface area contributed by atoms with E-state index in [1.54, 1.807) is 55.4 Å². The number of rotatable bonds is 27. The number of hydrogen-bond donors (Lipinski definition) is 12. The minimum atomic E-state index is -1.25. The van der Waals surface area contributed by atoms with Crippen molar-refractivity contribution >= 4 is 59.2 Å². The first kappa shape index (κ1) is 55.5. The molecule has 7 atom stereocenters. The predicted octanol–water partition coefficient (Wildman–Crippen LogP) is -2.72. The van der Waals surface area contributed by atoms with Crippen LogP contribution in [0, 0.1) is 29.6 Å². The molecule has 0 rings (SSSR count). The Labute approximate surface area is 358 Å². The largest absolute Gasteiger partial charge is 0.480 e. The number of carbonyl (C=O) groups excluding carboxylic acids is 8. The topological polar surface area (TPSA) is 361 Å². The highest BCUT2D eigenvalue weighted by atomic mass is 16.4. The summed E-state index contributed by atoms with van der Waals surface area (Å²) in [6.07, 6.45) is 0.658. The fourth-order valence-electron chi connectivity index (χ4n) is 5.70. The van der Waals surface area contributed by atoms with Crippen molar-refractivity contribution in [3.8, 4) is 0 Å². The Morgan fingerprint density at radius 3 is 1.38 bits per heavy atom. The lowest BCUT2D eigenvalue weighted by atomic mass is 9.97. The molecule has 0 aliphatic heterocycles. The van der Waals surface area contributed by atoms with Crippen molar-refractivity contribution in [2.75, 3.05) is 19.6 Å². The van der Waals surface area contributed by atoms with Crippen LogP contribution in [0.2, 0.25) is 0 Å². The fraction of sp³-hybridized carbons (Fsp3) is 0.744. The molecule has 0 aromatic carbocycles. The number of aliphatic carboxylic acids is 1. The van der Waals surface area contributed by atoms with Gasteiger partial charge in [0, 0.05) is 6.54 Å². The molecule has 0 aliphatic carbocycles. The Morgan fingerprint density at radius 2 is 0.951 bits per heavy atom. The van der Waals surface area contributed by atoms with Crippen molar-refractivity contribution in [1.29, 1.82) is 0 Å². The number of carboxylic acid groups (broad SMARTS) is 1. The molecule has 15 N–H and O–H groups in total. The van der Waals surface area contributed by atoms with Gasteiger partial charge in [-0.3, -0.25) is 43.3 Å². The number of amides is 8. The highest BCUT2D eigenvalue weighted by molar-refractivity contribution is 5.97. The molecule has 0 radical (unpaired) electrons. The summed E-state index contributed by atoms with van der Waals surface area (Å²) in [7, 11) is 0. The number of aliphatic imine (C=N–C) groups is 1. The number of carbonyl (C=O) groups is 9. The van der Waals surface area contributed by atoms with E-state index in [1.165, 1.54) is 6.92 Å². The molecule has 348 valence electrons. The average molecular weight is 869 g/mol. The van der Waals surface area contributed by atoms with Crippen molar-refractivity contribution in [1.82, 2.24) is 42.5 Å². The van der Waals surface area contributed by atoms with Crippen molar-refractivity contribution in [3.63, 3.8) is 0 Å². The van der Waals surface area contributed by atoms with Gasteiger partial charge >= 0.3 is 5.97 Å². The lowest BCUT2D eigenvalue weighted by Gasteiger charge is -2.29. The number of guanidine groups is 1. The minimum absolute atomic E-state index is 0.0160. The average Bonchev–Trinajstić information content (AvgIpc) is 3.14. The Bertz CT molecular complexity index is 1550. The van der Waals surface area contributed by atoms with Crippen LogP contribution in [-0.2, 0) is 43.2 Å². The fourth-order valence-corrected chi connectivity index (χ4v) is 5.70. The first-order valence-electron chi connectivity index (χ1n) is 20.6. The Kier molecular flexibility index (Phi) is 24.9. The third kappa shape index (κ3) is 21.5. The lowest BCUT2D eigenvalue weighted by molar-refractivity contribution is -0.143. The van der Waals surface area contributed by atoms with Gasteiger partial charge < -0.3 is 64.8 Å². The first-order valence-corrected chi connectivity index (χ1v) is 20.6. The van der Waals surface area contributed by atoms with Crippen LogP contribution < -0.4 is 59.7 Å². The predicted molar refractivity (Wildman–Crippen MR) is 228 cm³/mol. The molecule has 8 amide bonds. The standard InChI is InChI=1S/C39H72N12O10/c1-18(2)15-24(40)33(55)49-29(20(5)6)36(58)51-30(21(7)8)37(59)50-28(19(3)4)35(57)45-16-26(52)46-23(11)32(54)47-25(13-12-14-43-39(41)42)34(56)44-17-27(53)48-31(22(9)10)38(60)61/h18-25,28-31H,12-17,40H2,1-11H3,(H,44,56)(H,45,57)(H,46,52)(H,47,54)(H,48,53)(H,49,55)(H,50,59)(H,51,58)(H,60,61)(H4,41,42,43). The van der Waals surface area contributed by atoms with E-state index >= 15 is 0 Å². The molecule has 61 heavy (non-hydrogen) atoms. The van der Waals surface area contributed by atoms with Crippen LogP contribution in [0.15, 0.2) is 4.99 Å². The van der Waals surface area contributed by atoms with Gasteiger partial charge in [-0.1, -0.05) is 69.2 Å². The van der Waals surface area contributed by atoms with Crippen LogP contribution in [0.3, 0.4) is 0 Å². The van der Waals surface area contributed by atoms with Gasteiger partial charge in [0.25, 0.3) is 0 Å². The monoisotopic (exact) mass is 869 g/mol. The van der Waals surface area contributed by atoms with Gasteiger partial charge in [0.05, 0.1) is 19.1 Å². The molecule has 22 nitrogen and oxygen atoms in total. The number of nitrogens with one attached hydrogen (secondary N) is 8. The summed E-state index contributed by atoms with van der Waals surface area (Å²) < 4.78 is 0. The van der Waals surface area contributed by atoms with Gasteiger partial charge in [0.1, 0.15) is 36.3 Å². The normalized spacial score (nSPS) is 14.7. The molecular weight excluding hydrogens is 797 g/mol. The number of nitrogens with two attached hydrogens (primary N) is 3. The van der Waals surface area contributed by atoms with Crippen molar-refractivity contribution in [3.05, 3.63) is 0 Å². The van der Waals surface area contributed by atoms with E-state index in [2.05, 4.69) is 47.5 Å². The van der Waals surface area contributed by atoms with E-state index in [0.717, 1.165) is 0 Å². The van der Waals surface area contributed by atoms with Crippen molar-refractivity contribution in [2.45, 2.75) is 138 Å². The van der Waals surface area contributed by atoms with Crippen LogP contribution in [0.25, 0.3) is 0 Å². The third-order valence-electron chi connectivity index (χ3n) is 9.25. The van der Waals surface area contributed by atoms with E-state index in [0.29, 0.717) is 6.42 Å². The van der Waals surface area contributed by atoms with E-state index in [9.17, 15) is 48.3 Å². The van der Waals surface area contributed by atoms with E-state index in [4.69, 9.17) is 17.2 Å². The van der Waals surface area contributed by atoms with Gasteiger partial charge in [-0.25, -0.2) is 4.79 Å². The summed E-state index contributed by atoms with van der Waals surface area (Å²) in [5.74, 6) is -8.57. The zero-order valence-corrected chi connectivity index (χ0v) is 37.5. The molecule has 0 bridgehead atoms. The zero-order valence-electron chi connectivity index (χ0n) is 37.5. The molecule has 0 aromatic heterocycles. The molecule has 0 aliphatic rings. The van der Waals surface area contributed by atoms with Crippen LogP contribution in [0.5, 0.6) is 0 Å². The van der Waals surface area contributed by atoms with E-state index in [1.807, 2.05) is 13.8 Å². The summed E-state index contributed by atoms with van der Waals surface area (Å²) in [5.41, 5.74) is 16.7. The lowest BCUT2D eigenvalue weighted by Crippen LogP contribution is -2.61. The van der Waals surface area contributed by atoms with Gasteiger partial charge in [-0.05, 0) is 55.8 Å². The molecule has 0 spiro atoms. The Balaban J connectivity index is 5.60.